The maximum absolute atomic E-state index is 13.9. The Labute approximate surface area is 274 Å². The van der Waals surface area contributed by atoms with E-state index >= 15 is 0 Å². The SMILES string of the molecule is CCOc1c(OC)cc(C(=O)N2CCC(CCN3CCC(C(=O)O)(c4ccccc4)CC3)(c3ccc(Cl)c(Cl)c3)C2)cc1OC. The average Bonchev–Trinajstić information content (AvgIpc) is 3.51. The number of aliphatic carboxylic acids is 1. The number of likely N-dealkylation sites (tertiary alicyclic amines) is 2. The molecule has 240 valence electrons. The Morgan fingerprint density at radius 3 is 2.11 bits per heavy atom. The van der Waals surface area contributed by atoms with E-state index in [1.807, 2.05) is 60.4 Å². The van der Waals surface area contributed by atoms with Crippen LogP contribution in [0.2, 0.25) is 10.0 Å². The van der Waals surface area contributed by atoms with Gasteiger partial charge in [0.05, 0.1) is 36.3 Å². The number of carboxylic acids is 1. The first-order chi connectivity index (χ1) is 21.7. The number of hydrogen-bond acceptors (Lipinski definition) is 6. The number of carbonyl (C=O) groups is 2. The predicted octanol–water partition coefficient (Wildman–Crippen LogP) is 6.70. The summed E-state index contributed by atoms with van der Waals surface area (Å²) in [7, 11) is 3.08. The molecule has 3 aromatic rings. The van der Waals surface area contributed by atoms with Gasteiger partial charge in [0.15, 0.2) is 11.5 Å². The van der Waals surface area contributed by atoms with Gasteiger partial charge < -0.3 is 29.1 Å². The number of ether oxygens (including phenoxy) is 3. The van der Waals surface area contributed by atoms with Crippen LogP contribution in [0.5, 0.6) is 17.2 Å². The van der Waals surface area contributed by atoms with Crippen LogP contribution in [-0.4, -0.2) is 80.3 Å². The predicted molar refractivity (Wildman–Crippen MR) is 175 cm³/mol. The minimum absolute atomic E-state index is 0.122. The number of methoxy groups -OCH3 is 2. The molecular weight excluding hydrogens is 615 g/mol. The lowest BCUT2D eigenvalue weighted by Gasteiger charge is -2.40. The summed E-state index contributed by atoms with van der Waals surface area (Å²) in [6.07, 6.45) is 2.60. The van der Waals surface area contributed by atoms with Gasteiger partial charge in [0.1, 0.15) is 0 Å². The van der Waals surface area contributed by atoms with E-state index in [2.05, 4.69) is 4.90 Å². The molecule has 1 unspecified atom stereocenters. The molecule has 0 aliphatic carbocycles. The number of nitrogens with zero attached hydrogens (tertiary/aromatic N) is 2. The van der Waals surface area contributed by atoms with Gasteiger partial charge in [-0.2, -0.15) is 0 Å². The number of rotatable bonds is 11. The third-order valence-electron chi connectivity index (χ3n) is 9.52. The standard InChI is InChI=1S/C35H40Cl2N2O6/c1-4-45-31-29(43-2)20-24(21-30(31)44-3)32(40)39-19-13-34(23-39,26-10-11-27(36)28(37)22-26)12-16-38-17-14-35(15-18-38,33(41)42)25-8-6-5-7-9-25/h5-11,20-22H,4,12-19,23H2,1-3H3,(H,41,42). The molecule has 3 aromatic carbocycles. The fourth-order valence-electron chi connectivity index (χ4n) is 6.84. The highest BCUT2D eigenvalue weighted by Crippen LogP contribution is 2.43. The number of carboxylic acid groups (broad SMARTS) is 1. The summed E-state index contributed by atoms with van der Waals surface area (Å²) in [5, 5.41) is 11.2. The number of amides is 1. The lowest BCUT2D eigenvalue weighted by Crippen LogP contribution is -2.48. The molecule has 2 saturated heterocycles. The number of hydrogen-bond donors (Lipinski definition) is 1. The monoisotopic (exact) mass is 654 g/mol. The summed E-state index contributed by atoms with van der Waals surface area (Å²) in [6.45, 7) is 5.47. The molecule has 1 atom stereocenters. The van der Waals surface area contributed by atoms with E-state index < -0.39 is 11.4 Å². The molecule has 1 amide bonds. The average molecular weight is 656 g/mol. The zero-order valence-electron chi connectivity index (χ0n) is 26.0. The van der Waals surface area contributed by atoms with Crippen LogP contribution in [0.4, 0.5) is 0 Å². The molecular formula is C35H40Cl2N2O6. The zero-order valence-corrected chi connectivity index (χ0v) is 27.5. The van der Waals surface area contributed by atoms with E-state index in [9.17, 15) is 14.7 Å². The van der Waals surface area contributed by atoms with E-state index in [1.54, 1.807) is 12.1 Å². The summed E-state index contributed by atoms with van der Waals surface area (Å²) in [4.78, 5) is 30.6. The van der Waals surface area contributed by atoms with Crippen LogP contribution in [0.1, 0.15) is 54.1 Å². The van der Waals surface area contributed by atoms with Crippen molar-refractivity contribution in [1.29, 1.82) is 0 Å². The fraction of sp³-hybridized carbons (Fsp3) is 0.429. The quantitative estimate of drug-likeness (QED) is 0.246. The fourth-order valence-corrected chi connectivity index (χ4v) is 7.14. The normalized spacial score (nSPS) is 19.7. The molecule has 1 N–H and O–H groups in total. The van der Waals surface area contributed by atoms with E-state index in [0.717, 1.165) is 30.5 Å². The molecule has 0 spiro atoms. The molecule has 2 fully saturated rings. The Morgan fingerprint density at radius 1 is 0.867 bits per heavy atom. The third-order valence-corrected chi connectivity index (χ3v) is 10.3. The van der Waals surface area contributed by atoms with E-state index in [1.165, 1.54) is 14.2 Å². The van der Waals surface area contributed by atoms with Crippen molar-refractivity contribution < 1.29 is 28.9 Å². The van der Waals surface area contributed by atoms with Gasteiger partial charge in [-0.1, -0.05) is 59.6 Å². The van der Waals surface area contributed by atoms with Crippen molar-refractivity contribution in [1.82, 2.24) is 9.80 Å². The van der Waals surface area contributed by atoms with Crippen LogP contribution >= 0.6 is 23.2 Å². The highest BCUT2D eigenvalue weighted by Gasteiger charge is 2.45. The molecule has 2 aliphatic heterocycles. The summed E-state index contributed by atoms with van der Waals surface area (Å²) >= 11 is 12.8. The number of piperidine rings is 1. The van der Waals surface area contributed by atoms with Gasteiger partial charge in [0.25, 0.3) is 5.91 Å². The number of halogens is 2. The smallest absolute Gasteiger partial charge is 0.314 e. The lowest BCUT2D eigenvalue weighted by molar-refractivity contribution is -0.146. The first-order valence-electron chi connectivity index (χ1n) is 15.3. The summed E-state index contributed by atoms with van der Waals surface area (Å²) in [6, 6.07) is 18.7. The topological polar surface area (TPSA) is 88.5 Å². The van der Waals surface area contributed by atoms with Crippen molar-refractivity contribution in [2.75, 3.05) is 53.6 Å². The number of benzene rings is 3. The molecule has 0 radical (unpaired) electrons. The van der Waals surface area contributed by atoms with Gasteiger partial charge in [0.2, 0.25) is 5.75 Å². The first-order valence-corrected chi connectivity index (χ1v) is 16.1. The van der Waals surface area contributed by atoms with Crippen molar-refractivity contribution in [3.63, 3.8) is 0 Å². The Kier molecular flexibility index (Phi) is 10.2. The molecule has 5 rings (SSSR count). The molecule has 2 heterocycles. The van der Waals surface area contributed by atoms with E-state index in [0.29, 0.717) is 78.5 Å². The van der Waals surface area contributed by atoms with Crippen molar-refractivity contribution in [2.45, 2.75) is 43.4 Å². The van der Waals surface area contributed by atoms with E-state index in [-0.39, 0.29) is 11.3 Å². The molecule has 0 saturated carbocycles. The molecule has 10 heteroatoms. The van der Waals surface area contributed by atoms with Gasteiger partial charge in [-0.05, 0) is 87.6 Å². The van der Waals surface area contributed by atoms with Gasteiger partial charge in [-0.3, -0.25) is 9.59 Å². The van der Waals surface area contributed by atoms with Crippen LogP contribution in [0.15, 0.2) is 60.7 Å². The van der Waals surface area contributed by atoms with Crippen molar-refractivity contribution >= 4 is 35.1 Å². The molecule has 8 nitrogen and oxygen atoms in total. The second-order valence-corrected chi connectivity index (χ2v) is 12.7. The lowest BCUT2D eigenvalue weighted by atomic mass is 9.72. The molecule has 0 aromatic heterocycles. The van der Waals surface area contributed by atoms with Gasteiger partial charge in [-0.15, -0.1) is 0 Å². The second-order valence-electron chi connectivity index (χ2n) is 11.9. The zero-order chi connectivity index (χ0) is 32.2. The maximum Gasteiger partial charge on any atom is 0.314 e. The second kappa shape index (κ2) is 13.9. The summed E-state index contributed by atoms with van der Waals surface area (Å²) < 4.78 is 16.8. The van der Waals surface area contributed by atoms with Crippen LogP contribution < -0.4 is 14.2 Å². The Bertz CT molecular complexity index is 1500. The van der Waals surface area contributed by atoms with Gasteiger partial charge in [-0.25, -0.2) is 0 Å². The molecule has 2 aliphatic rings. The largest absolute Gasteiger partial charge is 0.493 e. The Hall–Kier alpha value is -3.46. The van der Waals surface area contributed by atoms with Gasteiger partial charge >= 0.3 is 5.97 Å². The first kappa shape index (κ1) is 32.9. The highest BCUT2D eigenvalue weighted by atomic mass is 35.5. The highest BCUT2D eigenvalue weighted by molar-refractivity contribution is 6.42. The van der Waals surface area contributed by atoms with Gasteiger partial charge in [0, 0.05) is 24.1 Å². The minimum atomic E-state index is -0.879. The maximum atomic E-state index is 13.9. The molecule has 45 heavy (non-hydrogen) atoms. The third kappa shape index (κ3) is 6.60. The molecule has 0 bridgehead atoms. The van der Waals surface area contributed by atoms with Crippen LogP contribution in [0, 0.1) is 0 Å². The van der Waals surface area contributed by atoms with Crippen molar-refractivity contribution in [3.8, 4) is 17.2 Å². The van der Waals surface area contributed by atoms with Crippen molar-refractivity contribution in [2.24, 2.45) is 0 Å². The van der Waals surface area contributed by atoms with Crippen LogP contribution in [-0.2, 0) is 15.6 Å². The Balaban J connectivity index is 1.36. The van der Waals surface area contributed by atoms with Crippen molar-refractivity contribution in [3.05, 3.63) is 87.4 Å². The number of carbonyl (C=O) groups excluding carboxylic acids is 1. The summed E-state index contributed by atoms with van der Waals surface area (Å²) in [5.74, 6) is 0.447. The Morgan fingerprint density at radius 2 is 1.53 bits per heavy atom. The van der Waals surface area contributed by atoms with Crippen LogP contribution in [0.25, 0.3) is 0 Å². The van der Waals surface area contributed by atoms with Crippen LogP contribution in [0.3, 0.4) is 0 Å². The van der Waals surface area contributed by atoms with E-state index in [4.69, 9.17) is 37.4 Å². The minimum Gasteiger partial charge on any atom is -0.493 e. The summed E-state index contributed by atoms with van der Waals surface area (Å²) in [5.41, 5.74) is 1.12.